The molecule has 2 aromatic rings. The number of carbonyl (C=O) groups excluding carboxylic acids is 2. The zero-order valence-electron chi connectivity index (χ0n) is 15.2. The van der Waals surface area contributed by atoms with Crippen LogP contribution in [-0.4, -0.2) is 40.4 Å². The third-order valence-corrected chi connectivity index (χ3v) is 7.56. The van der Waals surface area contributed by atoms with E-state index in [1.54, 1.807) is 11.8 Å². The number of thioether (sulfide) groups is 1. The average Bonchev–Trinajstić information content (AvgIpc) is 2.99. The van der Waals surface area contributed by atoms with Crippen molar-refractivity contribution in [1.82, 2.24) is 4.90 Å². The SMILES string of the molecule is Cc1ccc(N2C(=O)CSC23CCN(C(=O)c2ccccc2Br)CC3)cc1. The van der Waals surface area contributed by atoms with Crippen LogP contribution >= 0.6 is 27.7 Å². The van der Waals surface area contributed by atoms with Crippen molar-refractivity contribution in [3.8, 4) is 0 Å². The molecular formula is C21H21BrN2O2S. The lowest BCUT2D eigenvalue weighted by Gasteiger charge is -2.44. The minimum absolute atomic E-state index is 0.0496. The molecule has 4 rings (SSSR count). The summed E-state index contributed by atoms with van der Waals surface area (Å²) in [7, 11) is 0. The molecule has 2 aromatic carbocycles. The van der Waals surface area contributed by atoms with Crippen molar-refractivity contribution in [1.29, 1.82) is 0 Å². The van der Waals surface area contributed by atoms with Gasteiger partial charge in [-0.2, -0.15) is 0 Å². The number of likely N-dealkylation sites (tertiary alicyclic amines) is 1. The molecule has 2 heterocycles. The van der Waals surface area contributed by atoms with Crippen molar-refractivity contribution in [3.63, 3.8) is 0 Å². The van der Waals surface area contributed by atoms with Crippen LogP contribution in [0.5, 0.6) is 0 Å². The lowest BCUT2D eigenvalue weighted by molar-refractivity contribution is -0.116. The molecule has 1 spiro atoms. The smallest absolute Gasteiger partial charge is 0.255 e. The van der Waals surface area contributed by atoms with Crippen LogP contribution in [0.1, 0.15) is 28.8 Å². The van der Waals surface area contributed by atoms with E-state index in [1.165, 1.54) is 5.56 Å². The molecule has 27 heavy (non-hydrogen) atoms. The Morgan fingerprint density at radius 1 is 1.07 bits per heavy atom. The van der Waals surface area contributed by atoms with Gasteiger partial charge < -0.3 is 4.90 Å². The second kappa shape index (κ2) is 7.32. The summed E-state index contributed by atoms with van der Waals surface area (Å²) in [6, 6.07) is 15.7. The molecule has 4 nitrogen and oxygen atoms in total. The Hall–Kier alpha value is -1.79. The molecule has 2 amide bonds. The second-order valence-corrected chi connectivity index (χ2v) is 9.26. The summed E-state index contributed by atoms with van der Waals surface area (Å²) in [6.07, 6.45) is 1.57. The van der Waals surface area contributed by atoms with Gasteiger partial charge in [-0.15, -0.1) is 11.8 Å². The highest BCUT2D eigenvalue weighted by Crippen LogP contribution is 2.47. The first-order valence-corrected chi connectivity index (χ1v) is 10.9. The molecular weight excluding hydrogens is 424 g/mol. The largest absolute Gasteiger partial charge is 0.338 e. The van der Waals surface area contributed by atoms with Crippen molar-refractivity contribution >= 4 is 45.2 Å². The highest BCUT2D eigenvalue weighted by Gasteiger charge is 2.49. The van der Waals surface area contributed by atoms with Gasteiger partial charge >= 0.3 is 0 Å². The van der Waals surface area contributed by atoms with Crippen molar-refractivity contribution < 1.29 is 9.59 Å². The maximum atomic E-state index is 12.9. The molecule has 0 N–H and O–H groups in total. The molecule has 0 radical (unpaired) electrons. The van der Waals surface area contributed by atoms with E-state index < -0.39 is 0 Å². The maximum absolute atomic E-state index is 12.9. The van der Waals surface area contributed by atoms with Crippen LogP contribution in [0.2, 0.25) is 0 Å². The normalized spacial score (nSPS) is 19.0. The fourth-order valence-electron chi connectivity index (χ4n) is 3.86. The number of amides is 2. The van der Waals surface area contributed by atoms with Crippen molar-refractivity contribution in [2.24, 2.45) is 0 Å². The first kappa shape index (κ1) is 18.6. The van der Waals surface area contributed by atoms with E-state index in [1.807, 2.05) is 65.3 Å². The van der Waals surface area contributed by atoms with Gasteiger partial charge in [0.05, 0.1) is 16.2 Å². The highest BCUT2D eigenvalue weighted by atomic mass is 79.9. The zero-order chi connectivity index (χ0) is 19.0. The molecule has 0 aromatic heterocycles. The molecule has 140 valence electrons. The quantitative estimate of drug-likeness (QED) is 0.685. The number of hydrogen-bond donors (Lipinski definition) is 0. The summed E-state index contributed by atoms with van der Waals surface area (Å²) < 4.78 is 0.821. The number of hydrogen-bond acceptors (Lipinski definition) is 3. The van der Waals surface area contributed by atoms with E-state index in [2.05, 4.69) is 15.9 Å². The Morgan fingerprint density at radius 2 is 1.74 bits per heavy atom. The lowest BCUT2D eigenvalue weighted by atomic mass is 10.00. The molecule has 0 aliphatic carbocycles. The number of carbonyl (C=O) groups is 2. The number of benzene rings is 2. The third-order valence-electron chi connectivity index (χ3n) is 5.35. The molecule has 2 fully saturated rings. The summed E-state index contributed by atoms with van der Waals surface area (Å²) in [5.41, 5.74) is 2.83. The van der Waals surface area contributed by atoms with Gasteiger partial charge in [0, 0.05) is 23.2 Å². The maximum Gasteiger partial charge on any atom is 0.255 e. The van der Waals surface area contributed by atoms with Crippen LogP contribution in [0.3, 0.4) is 0 Å². The van der Waals surface area contributed by atoms with Gasteiger partial charge in [-0.25, -0.2) is 0 Å². The first-order chi connectivity index (χ1) is 13.0. The van der Waals surface area contributed by atoms with Crippen LogP contribution in [0, 0.1) is 6.92 Å². The minimum atomic E-state index is -0.239. The Labute approximate surface area is 172 Å². The Bertz CT molecular complexity index is 876. The molecule has 0 bridgehead atoms. The van der Waals surface area contributed by atoms with Crippen molar-refractivity contribution in [2.75, 3.05) is 23.7 Å². The fraction of sp³-hybridized carbons (Fsp3) is 0.333. The summed E-state index contributed by atoms with van der Waals surface area (Å²) >= 11 is 5.20. The average molecular weight is 445 g/mol. The number of piperidine rings is 1. The van der Waals surface area contributed by atoms with Gasteiger partial charge in [-0.3, -0.25) is 14.5 Å². The van der Waals surface area contributed by atoms with E-state index in [4.69, 9.17) is 0 Å². The number of rotatable bonds is 2. The fourth-order valence-corrected chi connectivity index (χ4v) is 5.64. The Kier molecular flexibility index (Phi) is 5.03. The van der Waals surface area contributed by atoms with E-state index in [0.29, 0.717) is 24.4 Å². The topological polar surface area (TPSA) is 40.6 Å². The standard InChI is InChI=1S/C21H21BrN2O2S/c1-15-6-8-16(9-7-15)24-19(25)14-27-21(24)10-12-23(13-11-21)20(26)17-4-2-3-5-18(17)22/h2-9H,10-14H2,1H3. The van der Waals surface area contributed by atoms with Gasteiger partial charge in [-0.05, 0) is 60.0 Å². The molecule has 2 aliphatic rings. The van der Waals surface area contributed by atoms with Crippen molar-refractivity contribution in [3.05, 3.63) is 64.1 Å². The van der Waals surface area contributed by atoms with Gasteiger partial charge in [0.2, 0.25) is 5.91 Å². The summed E-state index contributed by atoms with van der Waals surface area (Å²) in [4.78, 5) is 29.2. The van der Waals surface area contributed by atoms with Crippen molar-refractivity contribution in [2.45, 2.75) is 24.6 Å². The second-order valence-electron chi connectivity index (χ2n) is 7.07. The highest BCUT2D eigenvalue weighted by molar-refractivity contribution is 9.10. The van der Waals surface area contributed by atoms with E-state index in [-0.39, 0.29) is 16.7 Å². The summed E-state index contributed by atoms with van der Waals surface area (Å²) in [5, 5.41) is 0. The predicted molar refractivity (Wildman–Crippen MR) is 113 cm³/mol. The number of anilines is 1. The Morgan fingerprint density at radius 3 is 2.41 bits per heavy atom. The molecule has 0 unspecified atom stereocenters. The van der Waals surface area contributed by atoms with Gasteiger partial charge in [-0.1, -0.05) is 29.8 Å². The molecule has 0 saturated carbocycles. The van der Waals surface area contributed by atoms with Gasteiger partial charge in [0.15, 0.2) is 0 Å². The predicted octanol–water partition coefficient (Wildman–Crippen LogP) is 4.47. The molecule has 2 aliphatic heterocycles. The number of nitrogens with zero attached hydrogens (tertiary/aromatic N) is 2. The van der Waals surface area contributed by atoms with Crippen LogP contribution in [-0.2, 0) is 4.79 Å². The third kappa shape index (κ3) is 3.41. The summed E-state index contributed by atoms with van der Waals surface area (Å²) in [5.74, 6) is 0.717. The minimum Gasteiger partial charge on any atom is -0.338 e. The first-order valence-electron chi connectivity index (χ1n) is 9.08. The number of aryl methyl sites for hydroxylation is 1. The molecule has 0 atom stereocenters. The van der Waals surface area contributed by atoms with Crippen LogP contribution in [0.4, 0.5) is 5.69 Å². The van der Waals surface area contributed by atoms with E-state index in [0.717, 1.165) is 23.0 Å². The summed E-state index contributed by atoms with van der Waals surface area (Å²) in [6.45, 7) is 3.36. The molecule has 6 heteroatoms. The van der Waals surface area contributed by atoms with Crippen LogP contribution < -0.4 is 4.90 Å². The van der Waals surface area contributed by atoms with Gasteiger partial charge in [0.1, 0.15) is 0 Å². The Balaban J connectivity index is 1.53. The van der Waals surface area contributed by atoms with E-state index >= 15 is 0 Å². The van der Waals surface area contributed by atoms with Crippen LogP contribution in [0.25, 0.3) is 0 Å². The monoisotopic (exact) mass is 444 g/mol. The molecule has 2 saturated heterocycles. The zero-order valence-corrected chi connectivity index (χ0v) is 17.6. The van der Waals surface area contributed by atoms with E-state index in [9.17, 15) is 9.59 Å². The number of halogens is 1. The van der Waals surface area contributed by atoms with Gasteiger partial charge in [0.25, 0.3) is 5.91 Å². The van der Waals surface area contributed by atoms with Crippen LogP contribution in [0.15, 0.2) is 53.0 Å². The lowest BCUT2D eigenvalue weighted by Crippen LogP contribution is -2.53.